The molecule has 2 nitrogen and oxygen atoms in total. The van der Waals surface area contributed by atoms with Crippen molar-refractivity contribution in [2.75, 3.05) is 19.8 Å². The molecule has 0 aromatic heterocycles. The molecule has 0 aliphatic carbocycles. The second-order valence-corrected chi connectivity index (χ2v) is 4.79. The smallest absolute Gasteiger partial charge is 0.0662 e. The lowest BCUT2D eigenvalue weighted by atomic mass is 9.99. The lowest BCUT2D eigenvalue weighted by Gasteiger charge is -2.26. The van der Waals surface area contributed by atoms with Crippen LogP contribution in [0.4, 0.5) is 0 Å². The summed E-state index contributed by atoms with van der Waals surface area (Å²) in [6, 6.07) is 4.69. The van der Waals surface area contributed by atoms with Crippen LogP contribution in [0.1, 0.15) is 22.7 Å². The number of ether oxygens (including phenoxy) is 1. The quantitative estimate of drug-likeness (QED) is 0.847. The van der Waals surface area contributed by atoms with E-state index in [1.54, 1.807) is 0 Å². The molecule has 0 spiro atoms. The highest BCUT2D eigenvalue weighted by atomic mass is 79.9. The van der Waals surface area contributed by atoms with Gasteiger partial charge < -0.3 is 10.1 Å². The molecule has 1 N–H and O–H groups in total. The lowest BCUT2D eigenvalue weighted by Crippen LogP contribution is -2.35. The van der Waals surface area contributed by atoms with Gasteiger partial charge in [0, 0.05) is 11.0 Å². The van der Waals surface area contributed by atoms with E-state index in [1.165, 1.54) is 21.2 Å². The Morgan fingerprint density at radius 1 is 1.40 bits per heavy atom. The average molecular weight is 270 g/mol. The third-order valence-corrected chi connectivity index (χ3v) is 4.14. The van der Waals surface area contributed by atoms with Crippen LogP contribution in [-0.2, 0) is 4.74 Å². The fourth-order valence-electron chi connectivity index (χ4n) is 1.98. The topological polar surface area (TPSA) is 21.3 Å². The molecule has 1 fully saturated rings. The van der Waals surface area contributed by atoms with Gasteiger partial charge in [0.2, 0.25) is 0 Å². The molecule has 1 atom stereocenters. The summed E-state index contributed by atoms with van der Waals surface area (Å²) in [4.78, 5) is 0. The van der Waals surface area contributed by atoms with Crippen LogP contribution in [0.2, 0.25) is 0 Å². The van der Waals surface area contributed by atoms with Gasteiger partial charge in [-0.3, -0.25) is 0 Å². The summed E-state index contributed by atoms with van der Waals surface area (Å²) < 4.78 is 6.70. The molecule has 1 unspecified atom stereocenters. The zero-order valence-corrected chi connectivity index (χ0v) is 10.7. The maximum absolute atomic E-state index is 5.48. The van der Waals surface area contributed by atoms with Gasteiger partial charge in [-0.1, -0.05) is 28.1 Å². The lowest BCUT2D eigenvalue weighted by molar-refractivity contribution is 0.0767. The molecule has 82 valence electrons. The largest absolute Gasteiger partial charge is 0.378 e. The SMILES string of the molecule is Cc1ccc(C2COCCN2)c(C)c1Br. The van der Waals surface area contributed by atoms with Gasteiger partial charge in [0.1, 0.15) is 0 Å². The summed E-state index contributed by atoms with van der Waals surface area (Å²) in [6.07, 6.45) is 0. The number of hydrogen-bond acceptors (Lipinski definition) is 2. The first-order valence-corrected chi connectivity index (χ1v) is 6.06. The van der Waals surface area contributed by atoms with Gasteiger partial charge >= 0.3 is 0 Å². The summed E-state index contributed by atoms with van der Waals surface area (Å²) >= 11 is 3.63. The highest BCUT2D eigenvalue weighted by molar-refractivity contribution is 9.10. The van der Waals surface area contributed by atoms with E-state index in [2.05, 4.69) is 47.2 Å². The summed E-state index contributed by atoms with van der Waals surface area (Å²) in [7, 11) is 0. The van der Waals surface area contributed by atoms with Gasteiger partial charge in [-0.2, -0.15) is 0 Å². The van der Waals surface area contributed by atoms with E-state index in [0.717, 1.165) is 19.8 Å². The number of hydrogen-bond donors (Lipinski definition) is 1. The number of rotatable bonds is 1. The van der Waals surface area contributed by atoms with E-state index in [9.17, 15) is 0 Å². The fourth-order valence-corrected chi connectivity index (χ4v) is 2.34. The van der Waals surface area contributed by atoms with Crippen LogP contribution >= 0.6 is 15.9 Å². The highest BCUT2D eigenvalue weighted by Gasteiger charge is 2.18. The standard InChI is InChI=1S/C12H16BrNO/c1-8-3-4-10(9(2)12(8)13)11-7-15-6-5-14-11/h3-4,11,14H,5-7H2,1-2H3. The first-order valence-electron chi connectivity index (χ1n) is 5.27. The molecule has 0 bridgehead atoms. The number of nitrogens with one attached hydrogen (secondary N) is 1. The van der Waals surface area contributed by atoms with E-state index >= 15 is 0 Å². The monoisotopic (exact) mass is 269 g/mol. The van der Waals surface area contributed by atoms with Crippen LogP contribution in [0.5, 0.6) is 0 Å². The Morgan fingerprint density at radius 2 is 2.20 bits per heavy atom. The van der Waals surface area contributed by atoms with E-state index < -0.39 is 0 Å². The second-order valence-electron chi connectivity index (χ2n) is 3.99. The summed E-state index contributed by atoms with van der Waals surface area (Å²) in [5.74, 6) is 0. The number of halogens is 1. The Balaban J connectivity index is 2.31. The molecule has 1 aromatic carbocycles. The molecule has 1 aliphatic heterocycles. The molecule has 3 heteroatoms. The molecular formula is C12H16BrNO. The normalized spacial score (nSPS) is 21.7. The van der Waals surface area contributed by atoms with Crippen molar-refractivity contribution in [1.29, 1.82) is 0 Å². The van der Waals surface area contributed by atoms with Crippen molar-refractivity contribution in [1.82, 2.24) is 5.32 Å². The van der Waals surface area contributed by atoms with E-state index in [4.69, 9.17) is 4.74 Å². The molecular weight excluding hydrogens is 254 g/mol. The predicted octanol–water partition coefficient (Wildman–Crippen LogP) is 2.73. The van der Waals surface area contributed by atoms with Crippen molar-refractivity contribution < 1.29 is 4.74 Å². The Morgan fingerprint density at radius 3 is 2.87 bits per heavy atom. The first-order chi connectivity index (χ1) is 7.20. The summed E-state index contributed by atoms with van der Waals surface area (Å²) in [5, 5.41) is 3.48. The van der Waals surface area contributed by atoms with E-state index in [1.807, 2.05) is 0 Å². The van der Waals surface area contributed by atoms with Gasteiger partial charge in [0.15, 0.2) is 0 Å². The molecule has 2 rings (SSSR count). The van der Waals surface area contributed by atoms with Crippen molar-refractivity contribution in [3.05, 3.63) is 33.3 Å². The van der Waals surface area contributed by atoms with Crippen LogP contribution in [0.25, 0.3) is 0 Å². The van der Waals surface area contributed by atoms with Crippen LogP contribution in [0.3, 0.4) is 0 Å². The maximum Gasteiger partial charge on any atom is 0.0662 e. The number of benzene rings is 1. The van der Waals surface area contributed by atoms with Crippen LogP contribution in [0.15, 0.2) is 16.6 Å². The predicted molar refractivity (Wildman–Crippen MR) is 65.2 cm³/mol. The Kier molecular flexibility index (Phi) is 3.44. The van der Waals surface area contributed by atoms with Gasteiger partial charge in [-0.15, -0.1) is 0 Å². The van der Waals surface area contributed by atoms with Gasteiger partial charge in [-0.05, 0) is 30.5 Å². The van der Waals surface area contributed by atoms with Crippen LogP contribution < -0.4 is 5.32 Å². The molecule has 1 aliphatic rings. The van der Waals surface area contributed by atoms with Crippen molar-refractivity contribution in [3.8, 4) is 0 Å². The van der Waals surface area contributed by atoms with Crippen molar-refractivity contribution >= 4 is 15.9 Å². The van der Waals surface area contributed by atoms with Crippen LogP contribution in [0, 0.1) is 13.8 Å². The number of morpholine rings is 1. The molecule has 0 radical (unpaired) electrons. The molecule has 0 saturated carbocycles. The van der Waals surface area contributed by atoms with E-state index in [-0.39, 0.29) is 0 Å². The summed E-state index contributed by atoms with van der Waals surface area (Å²) in [5.41, 5.74) is 3.94. The van der Waals surface area contributed by atoms with Crippen LogP contribution in [-0.4, -0.2) is 19.8 Å². The third kappa shape index (κ3) is 2.25. The van der Waals surface area contributed by atoms with Crippen molar-refractivity contribution in [2.45, 2.75) is 19.9 Å². The molecule has 1 saturated heterocycles. The zero-order chi connectivity index (χ0) is 10.8. The van der Waals surface area contributed by atoms with Crippen molar-refractivity contribution in [2.24, 2.45) is 0 Å². The fraction of sp³-hybridized carbons (Fsp3) is 0.500. The first kappa shape index (κ1) is 11.1. The molecule has 0 amide bonds. The maximum atomic E-state index is 5.48. The average Bonchev–Trinajstić information content (AvgIpc) is 2.27. The minimum atomic E-state index is 0.343. The molecule has 15 heavy (non-hydrogen) atoms. The van der Waals surface area contributed by atoms with Crippen molar-refractivity contribution in [3.63, 3.8) is 0 Å². The van der Waals surface area contributed by atoms with E-state index in [0.29, 0.717) is 6.04 Å². The van der Waals surface area contributed by atoms with Gasteiger partial charge in [-0.25, -0.2) is 0 Å². The minimum Gasteiger partial charge on any atom is -0.378 e. The summed E-state index contributed by atoms with van der Waals surface area (Å²) in [6.45, 7) is 6.81. The van der Waals surface area contributed by atoms with Gasteiger partial charge in [0.05, 0.1) is 19.3 Å². The molecule has 1 heterocycles. The molecule has 1 aromatic rings. The second kappa shape index (κ2) is 4.64. The number of aryl methyl sites for hydroxylation is 1. The Hall–Kier alpha value is -0.380. The zero-order valence-electron chi connectivity index (χ0n) is 9.14. The third-order valence-electron chi connectivity index (χ3n) is 2.92. The Labute approximate surface area is 99.1 Å². The highest BCUT2D eigenvalue weighted by Crippen LogP contribution is 2.28. The minimum absolute atomic E-state index is 0.343. The van der Waals surface area contributed by atoms with Gasteiger partial charge in [0.25, 0.3) is 0 Å². The Bertz CT molecular complexity index is 359.